The van der Waals surface area contributed by atoms with Crippen molar-refractivity contribution in [1.29, 1.82) is 0 Å². The Kier molecular flexibility index (Phi) is 4.92. The van der Waals surface area contributed by atoms with Crippen molar-refractivity contribution in [2.45, 2.75) is 44.9 Å². The molecule has 0 amide bonds. The van der Waals surface area contributed by atoms with Crippen LogP contribution in [-0.2, 0) is 6.61 Å². The van der Waals surface area contributed by atoms with Crippen molar-refractivity contribution in [3.05, 3.63) is 81.6 Å². The lowest BCUT2D eigenvalue weighted by molar-refractivity contribution is 0.0694. The summed E-state index contributed by atoms with van der Waals surface area (Å²) < 4.78 is 13.6. The third-order valence-corrected chi connectivity index (χ3v) is 6.65. The van der Waals surface area contributed by atoms with Gasteiger partial charge >= 0.3 is 5.97 Å². The van der Waals surface area contributed by atoms with Gasteiger partial charge in [-0.1, -0.05) is 30.3 Å². The van der Waals surface area contributed by atoms with Crippen molar-refractivity contribution in [3.8, 4) is 22.8 Å². The molecule has 1 saturated heterocycles. The normalized spacial score (nSPS) is 17.7. The van der Waals surface area contributed by atoms with Gasteiger partial charge in [0.2, 0.25) is 0 Å². The van der Waals surface area contributed by atoms with Crippen LogP contribution in [0, 0.1) is 0 Å². The molecular formula is C26H26N2O5. The lowest BCUT2D eigenvalue weighted by atomic mass is 9.93. The predicted octanol–water partition coefficient (Wildman–Crippen LogP) is 4.37. The summed E-state index contributed by atoms with van der Waals surface area (Å²) in [5.41, 5.74) is 2.64. The highest BCUT2D eigenvalue weighted by atomic mass is 16.5. The minimum atomic E-state index is -1.23. The van der Waals surface area contributed by atoms with Crippen molar-refractivity contribution < 1.29 is 19.4 Å². The van der Waals surface area contributed by atoms with E-state index in [1.54, 1.807) is 7.11 Å². The molecule has 2 aliphatic heterocycles. The Morgan fingerprint density at radius 2 is 1.91 bits per heavy atom. The quantitative estimate of drug-likeness (QED) is 0.627. The van der Waals surface area contributed by atoms with Crippen LogP contribution in [0.2, 0.25) is 0 Å². The second-order valence-electron chi connectivity index (χ2n) is 9.16. The molecule has 0 spiro atoms. The molecule has 3 aromatic rings. The van der Waals surface area contributed by atoms with E-state index in [0.29, 0.717) is 23.8 Å². The third-order valence-electron chi connectivity index (χ3n) is 6.65. The maximum Gasteiger partial charge on any atom is 0.341 e. The van der Waals surface area contributed by atoms with Crippen molar-refractivity contribution >= 4 is 5.97 Å². The van der Waals surface area contributed by atoms with Gasteiger partial charge in [0.1, 0.15) is 12.2 Å². The molecule has 1 fully saturated rings. The van der Waals surface area contributed by atoms with E-state index in [1.807, 2.05) is 47.1 Å². The van der Waals surface area contributed by atoms with Gasteiger partial charge in [0.05, 0.1) is 24.4 Å². The highest BCUT2D eigenvalue weighted by Gasteiger charge is 2.45. The number of nitrogens with zero attached hydrogens (tertiary/aromatic N) is 2. The third kappa shape index (κ3) is 3.44. The number of benzene rings is 2. The Bertz CT molecular complexity index is 1300. The summed E-state index contributed by atoms with van der Waals surface area (Å²) in [6, 6.07) is 15.3. The van der Waals surface area contributed by atoms with Gasteiger partial charge < -0.3 is 14.6 Å². The highest BCUT2D eigenvalue weighted by molar-refractivity contribution is 5.88. The highest BCUT2D eigenvalue weighted by Crippen LogP contribution is 2.50. The first-order chi connectivity index (χ1) is 15.8. The first-order valence-corrected chi connectivity index (χ1v) is 11.0. The van der Waals surface area contributed by atoms with Gasteiger partial charge in [-0.25, -0.2) is 4.79 Å². The molecule has 5 rings (SSSR count). The first kappa shape index (κ1) is 21.1. The lowest BCUT2D eigenvalue weighted by Crippen LogP contribution is -2.50. The summed E-state index contributed by atoms with van der Waals surface area (Å²) in [5, 5.41) is 11.7. The number of hydrogen-bond acceptors (Lipinski definition) is 5. The van der Waals surface area contributed by atoms with Crippen molar-refractivity contribution in [3.63, 3.8) is 0 Å². The Morgan fingerprint density at radius 1 is 1.15 bits per heavy atom. The zero-order valence-corrected chi connectivity index (χ0v) is 18.9. The Labute approximate surface area is 191 Å². The summed E-state index contributed by atoms with van der Waals surface area (Å²) in [6.45, 7) is 4.68. The molecule has 3 heterocycles. The summed E-state index contributed by atoms with van der Waals surface area (Å²) in [4.78, 5) is 24.3. The molecule has 1 N–H and O–H groups in total. The number of carboxylic acid groups (broad SMARTS) is 1. The molecule has 7 heteroatoms. The molecule has 7 nitrogen and oxygen atoms in total. The van der Waals surface area contributed by atoms with Gasteiger partial charge in [-0.05, 0) is 49.9 Å². The van der Waals surface area contributed by atoms with E-state index in [0.717, 1.165) is 29.5 Å². The summed E-state index contributed by atoms with van der Waals surface area (Å²) in [5.74, 6) is -0.0173. The number of aromatic carboxylic acids is 1. The fraction of sp³-hybridized carbons (Fsp3) is 0.308. The molecule has 0 bridgehead atoms. The maximum absolute atomic E-state index is 12.6. The van der Waals surface area contributed by atoms with Gasteiger partial charge in [0, 0.05) is 17.8 Å². The number of methoxy groups -OCH3 is 1. The van der Waals surface area contributed by atoms with Crippen LogP contribution in [0.25, 0.3) is 11.3 Å². The molecule has 1 aromatic heterocycles. The molecule has 2 aromatic carbocycles. The molecule has 170 valence electrons. The van der Waals surface area contributed by atoms with Crippen LogP contribution in [0.3, 0.4) is 0 Å². The monoisotopic (exact) mass is 446 g/mol. The predicted molar refractivity (Wildman–Crippen MR) is 125 cm³/mol. The second kappa shape index (κ2) is 7.69. The van der Waals surface area contributed by atoms with Gasteiger partial charge in [0.15, 0.2) is 16.9 Å². The number of rotatable bonds is 5. The first-order valence-electron chi connectivity index (χ1n) is 11.0. The number of hydrogen-bond donors (Lipinski definition) is 1. The Hall–Kier alpha value is -3.74. The smallest absolute Gasteiger partial charge is 0.341 e. The standard InChI is InChI=1S/C26H26N2O5/c1-26(2)10-9-20-17-12-24(33-15-16-7-5-4-6-8-16)23(32-3)11-18(17)21-13-22(29)19(25(30)31)14-27(21)28(20)26/h4-8,11-14,20H,9-10,15H2,1-3H3,(H,30,31)/t20-/m1/s1. The zero-order chi connectivity index (χ0) is 23.3. The minimum Gasteiger partial charge on any atom is -0.493 e. The van der Waals surface area contributed by atoms with E-state index in [-0.39, 0.29) is 17.1 Å². The number of ether oxygens (including phenoxy) is 2. The number of carbonyl (C=O) groups is 1. The van der Waals surface area contributed by atoms with Crippen LogP contribution in [0.15, 0.2) is 59.5 Å². The number of carboxylic acids is 1. The van der Waals surface area contributed by atoms with Gasteiger partial charge in [-0.15, -0.1) is 0 Å². The molecule has 0 unspecified atom stereocenters. The van der Waals surface area contributed by atoms with Crippen LogP contribution in [0.5, 0.6) is 11.5 Å². The molecule has 0 saturated carbocycles. The van der Waals surface area contributed by atoms with Crippen molar-refractivity contribution in [2.24, 2.45) is 0 Å². The largest absolute Gasteiger partial charge is 0.493 e. The van der Waals surface area contributed by atoms with Crippen LogP contribution in [0.4, 0.5) is 0 Å². The topological polar surface area (TPSA) is 81.0 Å². The molecule has 33 heavy (non-hydrogen) atoms. The van der Waals surface area contributed by atoms with Gasteiger partial charge in [0.25, 0.3) is 0 Å². The number of pyridine rings is 1. The van der Waals surface area contributed by atoms with E-state index in [4.69, 9.17) is 9.47 Å². The molecule has 2 aliphatic rings. The summed E-state index contributed by atoms with van der Waals surface area (Å²) in [7, 11) is 1.59. The van der Waals surface area contributed by atoms with E-state index >= 15 is 0 Å². The maximum atomic E-state index is 12.6. The zero-order valence-electron chi connectivity index (χ0n) is 18.9. The average molecular weight is 447 g/mol. The van der Waals surface area contributed by atoms with E-state index < -0.39 is 11.4 Å². The SMILES string of the molecule is COc1cc2c(cc1OCc1ccccc1)[C@H]1CCC(C)(C)N1n1cc(C(=O)O)c(=O)cc1-2. The van der Waals surface area contributed by atoms with Crippen molar-refractivity contribution in [2.75, 3.05) is 12.1 Å². The van der Waals surface area contributed by atoms with E-state index in [2.05, 4.69) is 18.9 Å². The van der Waals surface area contributed by atoms with Gasteiger partial charge in [-0.3, -0.25) is 14.5 Å². The van der Waals surface area contributed by atoms with Crippen LogP contribution < -0.4 is 19.9 Å². The van der Waals surface area contributed by atoms with Crippen molar-refractivity contribution in [1.82, 2.24) is 4.68 Å². The fourth-order valence-corrected chi connectivity index (χ4v) is 5.02. The summed E-state index contributed by atoms with van der Waals surface area (Å²) in [6.07, 6.45) is 3.28. The number of fused-ring (bicyclic) bond motifs is 6. The van der Waals surface area contributed by atoms with Crippen LogP contribution in [0.1, 0.15) is 54.2 Å². The lowest BCUT2D eigenvalue weighted by Gasteiger charge is -2.44. The van der Waals surface area contributed by atoms with Gasteiger partial charge in [-0.2, -0.15) is 0 Å². The molecule has 0 aliphatic carbocycles. The van der Waals surface area contributed by atoms with Crippen LogP contribution in [-0.4, -0.2) is 28.4 Å². The average Bonchev–Trinajstić information content (AvgIpc) is 3.12. The van der Waals surface area contributed by atoms with E-state index in [9.17, 15) is 14.7 Å². The molecule has 0 radical (unpaired) electrons. The Balaban J connectivity index is 1.66. The molecular weight excluding hydrogens is 420 g/mol. The molecule has 1 atom stereocenters. The fourth-order valence-electron chi connectivity index (χ4n) is 5.02. The Morgan fingerprint density at radius 3 is 2.61 bits per heavy atom. The van der Waals surface area contributed by atoms with E-state index in [1.165, 1.54) is 12.3 Å². The summed E-state index contributed by atoms with van der Waals surface area (Å²) >= 11 is 0. The minimum absolute atomic E-state index is 0.0247. The second-order valence-corrected chi connectivity index (χ2v) is 9.16. The van der Waals surface area contributed by atoms with Crippen LogP contribution >= 0.6 is 0 Å². The number of aromatic nitrogens is 1.